The number of amides is 1. The first-order valence-corrected chi connectivity index (χ1v) is 14.2. The molecule has 1 fully saturated rings. The minimum absolute atomic E-state index is 0.203. The fraction of sp³-hybridized carbons (Fsp3) is 0.0345. The third kappa shape index (κ3) is 6.75. The van der Waals surface area contributed by atoms with Crippen LogP contribution in [0.15, 0.2) is 94.8 Å². The monoisotopic (exact) mass is 632 g/mol. The summed E-state index contributed by atoms with van der Waals surface area (Å²) in [6, 6.07) is 24.5. The van der Waals surface area contributed by atoms with Crippen LogP contribution in [0.5, 0.6) is 5.75 Å². The van der Waals surface area contributed by atoms with Crippen molar-refractivity contribution in [3.63, 3.8) is 0 Å². The normalized spacial score (nSPS) is 15.4. The maximum Gasteiger partial charge on any atom is 0.271 e. The Kier molecular flexibility index (Phi) is 8.77. The van der Waals surface area contributed by atoms with E-state index in [1.54, 1.807) is 95.9 Å². The zero-order valence-electron chi connectivity index (χ0n) is 19.9. The first-order chi connectivity index (χ1) is 18.8. The van der Waals surface area contributed by atoms with E-state index >= 15 is 0 Å². The molecule has 0 radical (unpaired) electrons. The van der Waals surface area contributed by atoms with Crippen LogP contribution < -0.4 is 9.64 Å². The highest BCUT2D eigenvalue weighted by atomic mass is 35.5. The summed E-state index contributed by atoms with van der Waals surface area (Å²) >= 11 is 32.0. The van der Waals surface area contributed by atoms with Crippen LogP contribution in [-0.2, 0) is 11.4 Å². The van der Waals surface area contributed by atoms with Gasteiger partial charge in [0.15, 0.2) is 5.17 Å². The molecule has 4 aromatic carbocycles. The fourth-order valence-electron chi connectivity index (χ4n) is 3.69. The highest BCUT2D eigenvalue weighted by Crippen LogP contribution is 2.39. The highest BCUT2D eigenvalue weighted by molar-refractivity contribution is 8.19. The molecular formula is C29H17Cl5N2O2S. The van der Waals surface area contributed by atoms with Gasteiger partial charge < -0.3 is 4.74 Å². The third-order valence-electron chi connectivity index (χ3n) is 5.60. The second kappa shape index (κ2) is 12.3. The zero-order chi connectivity index (χ0) is 27.5. The topological polar surface area (TPSA) is 41.9 Å². The first kappa shape index (κ1) is 27.9. The molecule has 4 aromatic rings. The molecule has 5 rings (SSSR count). The van der Waals surface area contributed by atoms with Crippen molar-refractivity contribution in [1.82, 2.24) is 0 Å². The van der Waals surface area contributed by atoms with Gasteiger partial charge in [-0.3, -0.25) is 9.69 Å². The van der Waals surface area contributed by atoms with Crippen molar-refractivity contribution in [2.24, 2.45) is 4.99 Å². The zero-order valence-corrected chi connectivity index (χ0v) is 24.5. The van der Waals surface area contributed by atoms with Crippen molar-refractivity contribution in [3.8, 4) is 5.75 Å². The lowest BCUT2D eigenvalue weighted by Gasteiger charge is -2.15. The Morgan fingerprint density at radius 1 is 0.769 bits per heavy atom. The second-order valence-electron chi connectivity index (χ2n) is 8.30. The lowest BCUT2D eigenvalue weighted by Crippen LogP contribution is -2.28. The van der Waals surface area contributed by atoms with Crippen molar-refractivity contribution < 1.29 is 9.53 Å². The number of thioether (sulfide) groups is 1. The van der Waals surface area contributed by atoms with E-state index < -0.39 is 0 Å². The standard InChI is InChI=1S/C29H17Cl5N2O2S/c30-19-3-8-23(9-4-19)35-29-36(24-10-5-20(31)6-11-24)28(37)27(39-29)14-18-13-21(32)7-12-26(18)38-16-17-1-2-22(33)15-25(17)34/h1-15H,16H2/b27-14-,35-29?. The minimum Gasteiger partial charge on any atom is -0.488 e. The smallest absolute Gasteiger partial charge is 0.271 e. The van der Waals surface area contributed by atoms with Gasteiger partial charge >= 0.3 is 0 Å². The van der Waals surface area contributed by atoms with Gasteiger partial charge in [-0.1, -0.05) is 64.1 Å². The van der Waals surface area contributed by atoms with Crippen LogP contribution in [0.3, 0.4) is 0 Å². The van der Waals surface area contributed by atoms with Crippen molar-refractivity contribution >= 4 is 98.3 Å². The fourth-order valence-corrected chi connectivity index (χ4v) is 5.58. The molecule has 1 aliphatic heterocycles. The molecule has 0 spiro atoms. The van der Waals surface area contributed by atoms with Crippen molar-refractivity contribution in [2.75, 3.05) is 4.90 Å². The highest BCUT2D eigenvalue weighted by Gasteiger charge is 2.35. The average molecular weight is 635 g/mol. The molecule has 1 amide bonds. The maximum atomic E-state index is 13.7. The summed E-state index contributed by atoms with van der Waals surface area (Å²) in [6.45, 7) is 0.203. The van der Waals surface area contributed by atoms with Gasteiger partial charge in [-0.2, -0.15) is 0 Å². The number of ether oxygens (including phenoxy) is 1. The molecular weight excluding hydrogens is 618 g/mol. The Bertz CT molecular complexity index is 1610. The average Bonchev–Trinajstić information content (AvgIpc) is 3.20. The van der Waals surface area contributed by atoms with Crippen LogP contribution in [0.1, 0.15) is 11.1 Å². The van der Waals surface area contributed by atoms with Gasteiger partial charge in [0.2, 0.25) is 0 Å². The van der Waals surface area contributed by atoms with Crippen LogP contribution in [-0.4, -0.2) is 11.1 Å². The number of amidine groups is 1. The molecule has 4 nitrogen and oxygen atoms in total. The molecule has 1 aliphatic rings. The predicted octanol–water partition coefficient (Wildman–Crippen LogP) is 10.3. The number of rotatable bonds is 6. The van der Waals surface area contributed by atoms with Crippen LogP contribution in [0.4, 0.5) is 11.4 Å². The quantitative estimate of drug-likeness (QED) is 0.198. The number of aliphatic imine (C=N–C) groups is 1. The molecule has 1 heterocycles. The van der Waals surface area contributed by atoms with Gasteiger partial charge in [-0.15, -0.1) is 0 Å². The van der Waals surface area contributed by atoms with Crippen molar-refractivity contribution in [3.05, 3.63) is 126 Å². The van der Waals surface area contributed by atoms with Gasteiger partial charge in [0.1, 0.15) is 12.4 Å². The van der Waals surface area contributed by atoms with E-state index in [9.17, 15) is 4.79 Å². The van der Waals surface area contributed by atoms with E-state index in [-0.39, 0.29) is 12.5 Å². The van der Waals surface area contributed by atoms with Crippen LogP contribution in [0, 0.1) is 0 Å². The third-order valence-corrected chi connectivity index (χ3v) is 7.89. The van der Waals surface area contributed by atoms with Gasteiger partial charge in [0.05, 0.1) is 16.3 Å². The van der Waals surface area contributed by atoms with E-state index in [1.807, 2.05) is 0 Å². The molecule has 0 atom stereocenters. The Morgan fingerprint density at radius 2 is 1.38 bits per heavy atom. The molecule has 0 aromatic heterocycles. The molecule has 0 saturated carbocycles. The van der Waals surface area contributed by atoms with Crippen LogP contribution in [0.25, 0.3) is 6.08 Å². The summed E-state index contributed by atoms with van der Waals surface area (Å²) < 4.78 is 6.08. The SMILES string of the molecule is O=C1/C(=C/c2cc(Cl)ccc2OCc2ccc(Cl)cc2Cl)SC(=Nc2ccc(Cl)cc2)N1c1ccc(Cl)cc1. The Labute approximate surface area is 254 Å². The largest absolute Gasteiger partial charge is 0.488 e. The summed E-state index contributed by atoms with van der Waals surface area (Å²) in [5.41, 5.74) is 2.69. The summed E-state index contributed by atoms with van der Waals surface area (Å²) in [7, 11) is 0. The summed E-state index contributed by atoms with van der Waals surface area (Å²) in [6.07, 6.45) is 1.74. The molecule has 196 valence electrons. The van der Waals surface area contributed by atoms with E-state index in [2.05, 4.69) is 0 Å². The number of carbonyl (C=O) groups is 1. The number of carbonyl (C=O) groups excluding carboxylic acids is 1. The van der Waals surface area contributed by atoms with Gasteiger partial charge in [0, 0.05) is 36.2 Å². The van der Waals surface area contributed by atoms with Gasteiger partial charge in [-0.05, 0) is 96.7 Å². The number of hydrogen-bond acceptors (Lipinski definition) is 4. The summed E-state index contributed by atoms with van der Waals surface area (Å²) in [5.74, 6) is 0.286. The van der Waals surface area contributed by atoms with Gasteiger partial charge in [0.25, 0.3) is 5.91 Å². The lowest BCUT2D eigenvalue weighted by atomic mass is 10.1. The molecule has 0 aliphatic carbocycles. The first-order valence-electron chi connectivity index (χ1n) is 11.5. The number of halogens is 5. The van der Waals surface area contributed by atoms with E-state index in [0.29, 0.717) is 57.9 Å². The molecule has 0 unspecified atom stereocenters. The van der Waals surface area contributed by atoms with Crippen LogP contribution in [0.2, 0.25) is 25.1 Å². The summed E-state index contributed by atoms with van der Waals surface area (Å²) in [4.78, 5) is 20.4. The number of benzene rings is 4. The Morgan fingerprint density at radius 3 is 2.08 bits per heavy atom. The molecule has 0 bridgehead atoms. The van der Waals surface area contributed by atoms with E-state index in [4.69, 9.17) is 67.7 Å². The lowest BCUT2D eigenvalue weighted by molar-refractivity contribution is -0.113. The summed E-state index contributed by atoms with van der Waals surface area (Å²) in [5, 5.41) is 3.18. The van der Waals surface area contributed by atoms with Gasteiger partial charge in [-0.25, -0.2) is 4.99 Å². The van der Waals surface area contributed by atoms with Crippen molar-refractivity contribution in [2.45, 2.75) is 6.61 Å². The number of hydrogen-bond donors (Lipinski definition) is 0. The minimum atomic E-state index is -0.248. The Balaban J connectivity index is 1.50. The van der Waals surface area contributed by atoms with E-state index in [0.717, 1.165) is 5.56 Å². The number of nitrogens with zero attached hydrogens (tertiary/aromatic N) is 2. The van der Waals surface area contributed by atoms with E-state index in [1.165, 1.54) is 11.8 Å². The Hall–Kier alpha value is -2.64. The maximum absolute atomic E-state index is 13.7. The molecule has 39 heavy (non-hydrogen) atoms. The molecule has 0 N–H and O–H groups in total. The molecule has 1 saturated heterocycles. The second-order valence-corrected chi connectivity index (χ2v) is 11.5. The van der Waals surface area contributed by atoms with Crippen LogP contribution >= 0.6 is 69.8 Å². The predicted molar refractivity (Wildman–Crippen MR) is 165 cm³/mol. The van der Waals surface area contributed by atoms with Crippen molar-refractivity contribution in [1.29, 1.82) is 0 Å². The molecule has 10 heteroatoms. The number of anilines is 1.